The Kier molecular flexibility index (Phi) is 4.21. The van der Waals surface area contributed by atoms with Crippen LogP contribution in [0.3, 0.4) is 0 Å². The molecule has 4 aromatic rings. The van der Waals surface area contributed by atoms with Crippen molar-refractivity contribution in [2.75, 3.05) is 5.32 Å². The fourth-order valence-corrected chi connectivity index (χ4v) is 4.32. The summed E-state index contributed by atoms with van der Waals surface area (Å²) in [6.45, 7) is 1.88. The zero-order valence-electron chi connectivity index (χ0n) is 13.2. The molecule has 0 aliphatic rings. The fourth-order valence-electron chi connectivity index (χ4n) is 2.23. The van der Waals surface area contributed by atoms with Crippen molar-refractivity contribution >= 4 is 49.0 Å². The molecular weight excluding hydrogens is 358 g/mol. The maximum absolute atomic E-state index is 12.2. The Labute approximate surface area is 151 Å². The number of carbonyl (C=O) groups excluding carboxylic acids is 1. The molecule has 126 valence electrons. The van der Waals surface area contributed by atoms with E-state index in [1.54, 1.807) is 12.1 Å². The number of rotatable bonds is 5. The smallest absolute Gasteiger partial charge is 0.348 e. The molecule has 25 heavy (non-hydrogen) atoms. The molecule has 8 heteroatoms. The van der Waals surface area contributed by atoms with Crippen molar-refractivity contribution in [3.8, 4) is 0 Å². The highest BCUT2D eigenvalue weighted by Gasteiger charge is 2.16. The van der Waals surface area contributed by atoms with Gasteiger partial charge in [0.2, 0.25) is 0 Å². The van der Waals surface area contributed by atoms with E-state index in [1.165, 1.54) is 22.7 Å². The number of esters is 1. The van der Waals surface area contributed by atoms with Gasteiger partial charge in [0.1, 0.15) is 8.89 Å². The number of hydrogen-bond donors (Lipinski definition) is 1. The summed E-state index contributed by atoms with van der Waals surface area (Å²) in [5, 5.41) is 7.81. The summed E-state index contributed by atoms with van der Waals surface area (Å²) in [5.41, 5.74) is 2.52. The number of para-hydroxylation sites is 1. The first-order valence-electron chi connectivity index (χ1n) is 7.49. The van der Waals surface area contributed by atoms with Gasteiger partial charge in [-0.25, -0.2) is 9.78 Å². The molecule has 0 unspecified atom stereocenters. The van der Waals surface area contributed by atoms with Crippen LogP contribution in [0.1, 0.15) is 21.1 Å². The van der Waals surface area contributed by atoms with Crippen molar-refractivity contribution < 1.29 is 14.1 Å². The van der Waals surface area contributed by atoms with Gasteiger partial charge in [0, 0.05) is 11.8 Å². The highest BCUT2D eigenvalue weighted by molar-refractivity contribution is 7.40. The minimum atomic E-state index is -0.387. The van der Waals surface area contributed by atoms with Gasteiger partial charge in [-0.3, -0.25) is 0 Å². The largest absolute Gasteiger partial charge is 0.453 e. The third-order valence-corrected chi connectivity index (χ3v) is 5.52. The van der Waals surface area contributed by atoms with Crippen molar-refractivity contribution in [1.29, 1.82) is 0 Å². The summed E-state index contributed by atoms with van der Waals surface area (Å²) in [4.78, 5) is 17.2. The second-order valence-electron chi connectivity index (χ2n) is 5.30. The SMILES string of the molecule is Cc1cc(COC(=O)c2cc3nc(Nc4ccccc4)sc3s2)on1. The molecule has 0 aliphatic carbocycles. The summed E-state index contributed by atoms with van der Waals surface area (Å²) in [5.74, 6) is 0.138. The number of nitrogens with zero attached hydrogens (tertiary/aromatic N) is 2. The number of carbonyl (C=O) groups is 1. The lowest BCUT2D eigenvalue weighted by Crippen LogP contribution is -2.02. The number of benzene rings is 1. The molecule has 1 aromatic carbocycles. The Hall–Kier alpha value is -2.71. The maximum Gasteiger partial charge on any atom is 0.348 e. The number of ether oxygens (including phenoxy) is 1. The van der Waals surface area contributed by atoms with Crippen LogP contribution in [-0.2, 0) is 11.3 Å². The molecule has 3 aromatic heterocycles. The molecule has 4 rings (SSSR count). The van der Waals surface area contributed by atoms with E-state index in [0.29, 0.717) is 10.6 Å². The number of fused-ring (bicyclic) bond motifs is 1. The van der Waals surface area contributed by atoms with Gasteiger partial charge < -0.3 is 14.6 Å². The van der Waals surface area contributed by atoms with E-state index in [4.69, 9.17) is 9.26 Å². The van der Waals surface area contributed by atoms with Crippen LogP contribution in [0, 0.1) is 6.92 Å². The van der Waals surface area contributed by atoms with Gasteiger partial charge in [-0.2, -0.15) is 0 Å². The van der Waals surface area contributed by atoms with Gasteiger partial charge in [-0.05, 0) is 25.1 Å². The van der Waals surface area contributed by atoms with Crippen molar-refractivity contribution in [2.24, 2.45) is 0 Å². The lowest BCUT2D eigenvalue weighted by Gasteiger charge is -2.00. The normalized spacial score (nSPS) is 10.9. The first-order valence-corrected chi connectivity index (χ1v) is 9.12. The van der Waals surface area contributed by atoms with Crippen LogP contribution >= 0.6 is 22.7 Å². The number of hydrogen-bond acceptors (Lipinski definition) is 8. The average Bonchev–Trinajstić information content (AvgIpc) is 3.28. The molecule has 0 radical (unpaired) electrons. The Balaban J connectivity index is 1.44. The van der Waals surface area contributed by atoms with Gasteiger partial charge in [0.25, 0.3) is 0 Å². The highest BCUT2D eigenvalue weighted by Crippen LogP contribution is 2.35. The second-order valence-corrected chi connectivity index (χ2v) is 7.61. The molecule has 0 fully saturated rings. The van der Waals surface area contributed by atoms with Crippen LogP contribution in [0.25, 0.3) is 9.53 Å². The first-order chi connectivity index (χ1) is 12.2. The number of thiophene rings is 1. The van der Waals surface area contributed by atoms with E-state index in [2.05, 4.69) is 15.5 Å². The van der Waals surface area contributed by atoms with Gasteiger partial charge in [0.05, 0.1) is 11.2 Å². The van der Waals surface area contributed by atoms with Crippen LogP contribution in [0.5, 0.6) is 0 Å². The Bertz CT molecular complexity index is 989. The summed E-state index contributed by atoms with van der Waals surface area (Å²) in [6, 6.07) is 13.3. The Morgan fingerprint density at radius 1 is 1.24 bits per heavy atom. The lowest BCUT2D eigenvalue weighted by molar-refractivity contribution is 0.0443. The van der Waals surface area contributed by atoms with E-state index in [-0.39, 0.29) is 12.6 Å². The van der Waals surface area contributed by atoms with Crippen molar-refractivity contribution in [3.05, 3.63) is 58.8 Å². The zero-order valence-corrected chi connectivity index (χ0v) is 14.8. The molecule has 0 amide bonds. The standard InChI is InChI=1S/C17H13N3O3S2/c1-10-7-12(23-20-10)9-22-15(21)14-8-13-16(24-14)25-17(19-13)18-11-5-3-2-4-6-11/h2-8H,9H2,1H3,(H,18,19). The number of anilines is 2. The molecule has 3 heterocycles. The fraction of sp³-hybridized carbons (Fsp3) is 0.118. The van der Waals surface area contributed by atoms with Crippen molar-refractivity contribution in [1.82, 2.24) is 10.1 Å². The van der Waals surface area contributed by atoms with Gasteiger partial charge >= 0.3 is 5.97 Å². The molecule has 1 N–H and O–H groups in total. The first kappa shape index (κ1) is 15.8. The second kappa shape index (κ2) is 6.66. The molecule has 0 spiro atoms. The summed E-state index contributed by atoms with van der Waals surface area (Å²) >= 11 is 2.88. The molecule has 0 saturated heterocycles. The zero-order chi connectivity index (χ0) is 17.2. The van der Waals surface area contributed by atoms with Gasteiger partial charge in [-0.1, -0.05) is 34.7 Å². The number of aromatic nitrogens is 2. The van der Waals surface area contributed by atoms with Crippen LogP contribution < -0.4 is 5.32 Å². The van der Waals surface area contributed by atoms with Gasteiger partial charge in [0.15, 0.2) is 17.5 Å². The van der Waals surface area contributed by atoms with Crippen LogP contribution in [-0.4, -0.2) is 16.1 Å². The predicted octanol–water partition coefficient (Wildman–Crippen LogP) is 4.75. The third-order valence-electron chi connectivity index (χ3n) is 3.34. The van der Waals surface area contributed by atoms with E-state index in [0.717, 1.165) is 26.0 Å². The molecule has 0 saturated carbocycles. The quantitative estimate of drug-likeness (QED) is 0.510. The molecule has 0 bridgehead atoms. The minimum Gasteiger partial charge on any atom is -0.453 e. The Morgan fingerprint density at radius 3 is 2.80 bits per heavy atom. The predicted molar refractivity (Wildman–Crippen MR) is 97.6 cm³/mol. The van der Waals surface area contributed by atoms with Crippen molar-refractivity contribution in [2.45, 2.75) is 13.5 Å². The maximum atomic E-state index is 12.2. The average molecular weight is 371 g/mol. The van der Waals surface area contributed by atoms with Crippen molar-refractivity contribution in [3.63, 3.8) is 0 Å². The third kappa shape index (κ3) is 3.54. The summed E-state index contributed by atoms with van der Waals surface area (Å²) in [6.07, 6.45) is 0. The molecule has 0 atom stereocenters. The van der Waals surface area contributed by atoms with Gasteiger partial charge in [-0.15, -0.1) is 11.3 Å². The monoisotopic (exact) mass is 371 g/mol. The van der Waals surface area contributed by atoms with Crippen LogP contribution in [0.15, 0.2) is 47.0 Å². The van der Waals surface area contributed by atoms with Crippen LogP contribution in [0.4, 0.5) is 10.8 Å². The molecule has 0 aliphatic heterocycles. The van der Waals surface area contributed by atoms with E-state index in [9.17, 15) is 4.79 Å². The molecule has 6 nitrogen and oxygen atoms in total. The minimum absolute atomic E-state index is 0.0689. The number of aryl methyl sites for hydroxylation is 1. The lowest BCUT2D eigenvalue weighted by atomic mass is 10.3. The van der Waals surface area contributed by atoms with Crippen LogP contribution in [0.2, 0.25) is 0 Å². The van der Waals surface area contributed by atoms with E-state index >= 15 is 0 Å². The topological polar surface area (TPSA) is 77.2 Å². The number of nitrogens with one attached hydrogen (secondary N) is 1. The summed E-state index contributed by atoms with van der Waals surface area (Å²) in [7, 11) is 0. The number of thiazole rings is 1. The van der Waals surface area contributed by atoms with E-state index < -0.39 is 0 Å². The summed E-state index contributed by atoms with van der Waals surface area (Å²) < 4.78 is 11.2. The molecular formula is C17H13N3O3S2. The Morgan fingerprint density at radius 2 is 2.08 bits per heavy atom. The van der Waals surface area contributed by atoms with E-state index in [1.807, 2.05) is 37.3 Å². The highest BCUT2D eigenvalue weighted by atomic mass is 32.2.